The second-order valence-electron chi connectivity index (χ2n) is 4.55. The summed E-state index contributed by atoms with van der Waals surface area (Å²) >= 11 is 0. The summed E-state index contributed by atoms with van der Waals surface area (Å²) in [6.07, 6.45) is 0.326. The Bertz CT molecular complexity index is 596. The number of aryl methyl sites for hydroxylation is 1. The lowest BCUT2D eigenvalue weighted by molar-refractivity contribution is 0.560. The van der Waals surface area contributed by atoms with Crippen LogP contribution in [0.25, 0.3) is 0 Å². The molecular weight excluding hydrogens is 251 g/mol. The van der Waals surface area contributed by atoms with Crippen molar-refractivity contribution in [2.45, 2.75) is 19.4 Å². The van der Waals surface area contributed by atoms with Crippen LogP contribution in [0.15, 0.2) is 36.4 Å². The van der Waals surface area contributed by atoms with Crippen LogP contribution in [0.5, 0.6) is 0 Å². The number of rotatable bonds is 3. The maximum atomic E-state index is 13.6. The first kappa shape index (κ1) is 13.6. The van der Waals surface area contributed by atoms with E-state index in [-0.39, 0.29) is 11.4 Å². The van der Waals surface area contributed by atoms with Crippen LogP contribution in [0.2, 0.25) is 0 Å². The monoisotopic (exact) mass is 265 g/mol. The zero-order valence-corrected chi connectivity index (χ0v) is 10.5. The third-order valence-electron chi connectivity index (χ3n) is 3.10. The van der Waals surface area contributed by atoms with Crippen molar-refractivity contribution in [2.24, 2.45) is 5.73 Å². The molecule has 0 aromatic heterocycles. The van der Waals surface area contributed by atoms with Crippen LogP contribution in [-0.4, -0.2) is 0 Å². The number of halogens is 3. The van der Waals surface area contributed by atoms with Gasteiger partial charge in [0.25, 0.3) is 0 Å². The Morgan fingerprint density at radius 1 is 1.00 bits per heavy atom. The Balaban J connectivity index is 2.25. The van der Waals surface area contributed by atoms with Crippen LogP contribution < -0.4 is 5.73 Å². The number of nitrogens with two attached hydrogens (primary N) is 1. The molecule has 0 amide bonds. The molecule has 0 bridgehead atoms. The smallest absolute Gasteiger partial charge is 0.128 e. The van der Waals surface area contributed by atoms with Crippen molar-refractivity contribution in [1.82, 2.24) is 0 Å². The highest BCUT2D eigenvalue weighted by Gasteiger charge is 2.14. The van der Waals surface area contributed by atoms with E-state index in [4.69, 9.17) is 5.73 Å². The Morgan fingerprint density at radius 3 is 2.32 bits per heavy atom. The molecular formula is C15H14F3N. The van der Waals surface area contributed by atoms with Crippen LogP contribution >= 0.6 is 0 Å². The van der Waals surface area contributed by atoms with Gasteiger partial charge in [-0.25, -0.2) is 13.2 Å². The molecule has 4 heteroatoms. The van der Waals surface area contributed by atoms with Crippen LogP contribution in [0.4, 0.5) is 13.2 Å². The summed E-state index contributed by atoms with van der Waals surface area (Å²) < 4.78 is 39.7. The molecule has 2 aromatic carbocycles. The molecule has 1 nitrogen and oxygen atoms in total. The summed E-state index contributed by atoms with van der Waals surface area (Å²) in [4.78, 5) is 0. The van der Waals surface area contributed by atoms with Gasteiger partial charge in [-0.1, -0.05) is 6.07 Å². The standard InChI is InChI=1S/C15H14F3N/c1-9-6-11(16)3-2-10(9)7-15(19)13-8-12(17)4-5-14(13)18/h2-6,8,15H,7,19H2,1H3. The minimum absolute atomic E-state index is 0.128. The Hall–Kier alpha value is -1.81. The molecule has 0 radical (unpaired) electrons. The molecule has 0 saturated heterocycles. The predicted molar refractivity (Wildman–Crippen MR) is 68.1 cm³/mol. The molecule has 0 aliphatic carbocycles. The Labute approximate surface area is 109 Å². The van der Waals surface area contributed by atoms with Crippen LogP contribution in [0, 0.1) is 24.4 Å². The first-order chi connectivity index (χ1) is 8.97. The molecule has 0 fully saturated rings. The van der Waals surface area contributed by atoms with Crippen molar-refractivity contribution in [3.05, 3.63) is 70.5 Å². The summed E-state index contributed by atoms with van der Waals surface area (Å²) in [5, 5.41) is 0. The molecule has 100 valence electrons. The molecule has 0 aliphatic rings. The van der Waals surface area contributed by atoms with Crippen molar-refractivity contribution < 1.29 is 13.2 Å². The molecule has 0 saturated carbocycles. The fourth-order valence-electron chi connectivity index (χ4n) is 2.03. The van der Waals surface area contributed by atoms with E-state index in [1.165, 1.54) is 12.1 Å². The molecule has 0 aliphatic heterocycles. The molecule has 2 aromatic rings. The zero-order chi connectivity index (χ0) is 14.0. The fourth-order valence-corrected chi connectivity index (χ4v) is 2.03. The highest BCUT2D eigenvalue weighted by atomic mass is 19.1. The highest BCUT2D eigenvalue weighted by Crippen LogP contribution is 2.22. The SMILES string of the molecule is Cc1cc(F)ccc1CC(N)c1cc(F)ccc1F. The molecule has 2 rings (SSSR count). The first-order valence-electron chi connectivity index (χ1n) is 5.93. The van der Waals surface area contributed by atoms with E-state index in [0.717, 1.165) is 29.3 Å². The maximum Gasteiger partial charge on any atom is 0.128 e. The van der Waals surface area contributed by atoms with E-state index >= 15 is 0 Å². The third-order valence-corrected chi connectivity index (χ3v) is 3.10. The third kappa shape index (κ3) is 3.15. The topological polar surface area (TPSA) is 26.0 Å². The second-order valence-corrected chi connectivity index (χ2v) is 4.55. The van der Waals surface area contributed by atoms with E-state index < -0.39 is 17.7 Å². The van der Waals surface area contributed by atoms with Gasteiger partial charge in [0, 0.05) is 11.6 Å². The zero-order valence-electron chi connectivity index (χ0n) is 10.5. The van der Waals surface area contributed by atoms with Crippen molar-refractivity contribution in [3.63, 3.8) is 0 Å². The van der Waals surface area contributed by atoms with Gasteiger partial charge in [-0.3, -0.25) is 0 Å². The summed E-state index contributed by atoms with van der Waals surface area (Å²) in [5.41, 5.74) is 7.59. The quantitative estimate of drug-likeness (QED) is 0.900. The minimum Gasteiger partial charge on any atom is -0.324 e. The molecule has 0 heterocycles. The molecule has 2 N–H and O–H groups in total. The van der Waals surface area contributed by atoms with Gasteiger partial charge in [0.2, 0.25) is 0 Å². The highest BCUT2D eigenvalue weighted by molar-refractivity contribution is 5.30. The van der Waals surface area contributed by atoms with Crippen molar-refractivity contribution in [2.75, 3.05) is 0 Å². The lowest BCUT2D eigenvalue weighted by Crippen LogP contribution is -2.16. The summed E-state index contributed by atoms with van der Waals surface area (Å²) in [6, 6.07) is 6.87. The first-order valence-corrected chi connectivity index (χ1v) is 5.93. The average Bonchev–Trinajstić information content (AvgIpc) is 2.35. The number of benzene rings is 2. The lowest BCUT2D eigenvalue weighted by atomic mass is 9.96. The van der Waals surface area contributed by atoms with Gasteiger partial charge in [-0.2, -0.15) is 0 Å². The largest absolute Gasteiger partial charge is 0.324 e. The maximum absolute atomic E-state index is 13.6. The summed E-state index contributed by atoms with van der Waals surface area (Å²) in [7, 11) is 0. The van der Waals surface area contributed by atoms with Crippen LogP contribution in [0.1, 0.15) is 22.7 Å². The van der Waals surface area contributed by atoms with E-state index in [2.05, 4.69) is 0 Å². The molecule has 0 spiro atoms. The molecule has 1 atom stereocenters. The van der Waals surface area contributed by atoms with Gasteiger partial charge in [0.05, 0.1) is 0 Å². The summed E-state index contributed by atoms with van der Waals surface area (Å²) in [6.45, 7) is 1.76. The van der Waals surface area contributed by atoms with Crippen molar-refractivity contribution >= 4 is 0 Å². The number of hydrogen-bond acceptors (Lipinski definition) is 1. The van der Waals surface area contributed by atoms with E-state index in [9.17, 15) is 13.2 Å². The van der Waals surface area contributed by atoms with Crippen LogP contribution in [-0.2, 0) is 6.42 Å². The van der Waals surface area contributed by atoms with E-state index in [1.54, 1.807) is 13.0 Å². The van der Waals surface area contributed by atoms with Gasteiger partial charge < -0.3 is 5.73 Å². The van der Waals surface area contributed by atoms with Gasteiger partial charge >= 0.3 is 0 Å². The second kappa shape index (κ2) is 5.45. The van der Waals surface area contributed by atoms with Gasteiger partial charge in [-0.05, 0) is 54.8 Å². The van der Waals surface area contributed by atoms with Crippen molar-refractivity contribution in [3.8, 4) is 0 Å². The van der Waals surface area contributed by atoms with E-state index in [0.29, 0.717) is 6.42 Å². The predicted octanol–water partition coefficient (Wildman–Crippen LogP) is 3.65. The van der Waals surface area contributed by atoms with Gasteiger partial charge in [0.1, 0.15) is 17.5 Å². The van der Waals surface area contributed by atoms with Crippen molar-refractivity contribution in [1.29, 1.82) is 0 Å². The number of hydrogen-bond donors (Lipinski definition) is 1. The molecule has 1 unspecified atom stereocenters. The van der Waals surface area contributed by atoms with Gasteiger partial charge in [-0.15, -0.1) is 0 Å². The molecule has 19 heavy (non-hydrogen) atoms. The minimum atomic E-state index is -0.667. The lowest BCUT2D eigenvalue weighted by Gasteiger charge is -2.15. The van der Waals surface area contributed by atoms with Crippen LogP contribution in [0.3, 0.4) is 0 Å². The Kier molecular flexibility index (Phi) is 3.90. The summed E-state index contributed by atoms with van der Waals surface area (Å²) in [5.74, 6) is -1.39. The normalized spacial score (nSPS) is 12.5. The average molecular weight is 265 g/mol. The van der Waals surface area contributed by atoms with E-state index in [1.807, 2.05) is 0 Å². The Morgan fingerprint density at radius 2 is 1.63 bits per heavy atom. The fraction of sp³-hybridized carbons (Fsp3) is 0.200. The van der Waals surface area contributed by atoms with Gasteiger partial charge in [0.15, 0.2) is 0 Å².